The molecule has 0 heterocycles. The van der Waals surface area contributed by atoms with Crippen molar-refractivity contribution < 1.29 is 4.39 Å². The first-order valence-electron chi connectivity index (χ1n) is 6.82. The van der Waals surface area contributed by atoms with E-state index in [0.29, 0.717) is 6.42 Å². The number of anilines is 2. The molecule has 2 N–H and O–H groups in total. The molecule has 0 aromatic heterocycles. The predicted octanol–water partition coefficient (Wildman–Crippen LogP) is 3.79. The zero-order valence-corrected chi connectivity index (χ0v) is 12.2. The van der Waals surface area contributed by atoms with E-state index in [0.717, 1.165) is 16.9 Å². The minimum atomic E-state index is -0.220. The molecule has 20 heavy (non-hydrogen) atoms. The number of nitrogens with zero attached hydrogens (tertiary/aromatic N) is 1. The number of benzene rings is 2. The second-order valence-corrected chi connectivity index (χ2v) is 5.35. The van der Waals surface area contributed by atoms with Gasteiger partial charge >= 0.3 is 0 Å². The largest absolute Gasteiger partial charge is 0.344 e. The van der Waals surface area contributed by atoms with E-state index >= 15 is 0 Å². The van der Waals surface area contributed by atoms with Gasteiger partial charge in [0.1, 0.15) is 5.82 Å². The Bertz CT molecular complexity index is 593. The van der Waals surface area contributed by atoms with Crippen molar-refractivity contribution in [1.82, 2.24) is 0 Å². The molecule has 0 amide bonds. The zero-order valence-electron chi connectivity index (χ0n) is 12.2. The lowest BCUT2D eigenvalue weighted by Gasteiger charge is -2.24. The summed E-state index contributed by atoms with van der Waals surface area (Å²) in [7, 11) is 1.99. The highest BCUT2D eigenvalue weighted by atomic mass is 19.1. The SMILES string of the molecule is Cc1cccc(N(C)c2ccc(F)cc2CC(C)N)c1. The molecule has 2 aromatic carbocycles. The molecular formula is C17H21FN2. The summed E-state index contributed by atoms with van der Waals surface area (Å²) in [5, 5.41) is 0. The third-order valence-electron chi connectivity index (χ3n) is 3.33. The summed E-state index contributed by atoms with van der Waals surface area (Å²) >= 11 is 0. The monoisotopic (exact) mass is 272 g/mol. The highest BCUT2D eigenvalue weighted by molar-refractivity contribution is 5.66. The van der Waals surface area contributed by atoms with Crippen LogP contribution in [0.15, 0.2) is 42.5 Å². The van der Waals surface area contributed by atoms with Crippen LogP contribution in [0.25, 0.3) is 0 Å². The first kappa shape index (κ1) is 14.5. The Morgan fingerprint density at radius 2 is 1.95 bits per heavy atom. The molecule has 0 saturated carbocycles. The van der Waals surface area contributed by atoms with Gasteiger partial charge in [-0.1, -0.05) is 12.1 Å². The maximum absolute atomic E-state index is 13.5. The molecule has 0 aliphatic rings. The predicted molar refractivity (Wildman–Crippen MR) is 83.0 cm³/mol. The van der Waals surface area contributed by atoms with E-state index < -0.39 is 0 Å². The quantitative estimate of drug-likeness (QED) is 0.917. The van der Waals surface area contributed by atoms with Crippen molar-refractivity contribution in [3.8, 4) is 0 Å². The molecule has 0 spiro atoms. The average molecular weight is 272 g/mol. The third-order valence-corrected chi connectivity index (χ3v) is 3.33. The van der Waals surface area contributed by atoms with Crippen LogP contribution >= 0.6 is 0 Å². The summed E-state index contributed by atoms with van der Waals surface area (Å²) < 4.78 is 13.5. The molecule has 2 nitrogen and oxygen atoms in total. The van der Waals surface area contributed by atoms with E-state index in [4.69, 9.17) is 5.73 Å². The minimum absolute atomic E-state index is 0.00135. The van der Waals surface area contributed by atoms with Crippen molar-refractivity contribution in [2.24, 2.45) is 5.73 Å². The molecule has 0 radical (unpaired) electrons. The zero-order chi connectivity index (χ0) is 14.7. The van der Waals surface area contributed by atoms with E-state index in [1.54, 1.807) is 6.07 Å². The standard InChI is InChI=1S/C17H21FN2/c1-12-5-4-6-16(9-12)20(3)17-8-7-15(18)11-14(17)10-13(2)19/h4-9,11,13H,10,19H2,1-3H3. The normalized spacial score (nSPS) is 12.2. The van der Waals surface area contributed by atoms with Crippen LogP contribution in [0.1, 0.15) is 18.1 Å². The van der Waals surface area contributed by atoms with Crippen LogP contribution in [0.5, 0.6) is 0 Å². The van der Waals surface area contributed by atoms with E-state index in [1.165, 1.54) is 11.6 Å². The highest BCUT2D eigenvalue weighted by Crippen LogP contribution is 2.28. The van der Waals surface area contributed by atoms with Gasteiger partial charge in [-0.2, -0.15) is 0 Å². The van der Waals surface area contributed by atoms with E-state index in [2.05, 4.69) is 24.0 Å². The number of nitrogens with two attached hydrogens (primary N) is 1. The van der Waals surface area contributed by atoms with Gasteiger partial charge in [0.15, 0.2) is 0 Å². The second kappa shape index (κ2) is 6.06. The molecule has 0 aliphatic heterocycles. The molecule has 0 aliphatic carbocycles. The van der Waals surface area contributed by atoms with Gasteiger partial charge in [-0.3, -0.25) is 0 Å². The van der Waals surface area contributed by atoms with Gasteiger partial charge in [0, 0.05) is 24.5 Å². The molecule has 0 fully saturated rings. The van der Waals surface area contributed by atoms with E-state index in [1.807, 2.05) is 32.2 Å². The van der Waals surface area contributed by atoms with Crippen LogP contribution in [-0.4, -0.2) is 13.1 Å². The van der Waals surface area contributed by atoms with Crippen LogP contribution < -0.4 is 10.6 Å². The molecule has 2 aromatic rings. The summed E-state index contributed by atoms with van der Waals surface area (Å²) in [6.07, 6.45) is 0.656. The Balaban J connectivity index is 2.40. The lowest BCUT2D eigenvalue weighted by Crippen LogP contribution is -2.20. The Morgan fingerprint density at radius 3 is 2.60 bits per heavy atom. The lowest BCUT2D eigenvalue weighted by molar-refractivity contribution is 0.623. The summed E-state index contributed by atoms with van der Waals surface area (Å²) in [6.45, 7) is 3.99. The van der Waals surface area contributed by atoms with Crippen LogP contribution in [0, 0.1) is 12.7 Å². The maximum Gasteiger partial charge on any atom is 0.123 e. The fourth-order valence-electron chi connectivity index (χ4n) is 2.37. The Labute approximate surface area is 120 Å². The Hall–Kier alpha value is -1.87. The number of hydrogen-bond acceptors (Lipinski definition) is 2. The fraction of sp³-hybridized carbons (Fsp3) is 0.294. The molecule has 0 saturated heterocycles. The number of aryl methyl sites for hydroxylation is 1. The fourth-order valence-corrected chi connectivity index (χ4v) is 2.37. The summed E-state index contributed by atoms with van der Waals surface area (Å²) in [4.78, 5) is 2.07. The minimum Gasteiger partial charge on any atom is -0.344 e. The van der Waals surface area contributed by atoms with Gasteiger partial charge in [-0.25, -0.2) is 4.39 Å². The highest BCUT2D eigenvalue weighted by Gasteiger charge is 2.12. The second-order valence-electron chi connectivity index (χ2n) is 5.35. The van der Waals surface area contributed by atoms with Crippen LogP contribution in [0.4, 0.5) is 15.8 Å². The van der Waals surface area contributed by atoms with Gasteiger partial charge in [0.2, 0.25) is 0 Å². The Morgan fingerprint density at radius 1 is 1.20 bits per heavy atom. The first-order valence-corrected chi connectivity index (χ1v) is 6.82. The number of halogens is 1. The number of hydrogen-bond donors (Lipinski definition) is 1. The van der Waals surface area contributed by atoms with Crippen molar-refractivity contribution >= 4 is 11.4 Å². The molecule has 2 rings (SSSR count). The summed E-state index contributed by atoms with van der Waals surface area (Å²) in [6, 6.07) is 13.1. The summed E-state index contributed by atoms with van der Waals surface area (Å²) in [5.74, 6) is -0.220. The van der Waals surface area contributed by atoms with Crippen LogP contribution in [0.2, 0.25) is 0 Å². The third kappa shape index (κ3) is 3.36. The van der Waals surface area contributed by atoms with Gasteiger partial charge in [-0.15, -0.1) is 0 Å². The van der Waals surface area contributed by atoms with Gasteiger partial charge in [-0.05, 0) is 61.7 Å². The molecule has 1 atom stereocenters. The van der Waals surface area contributed by atoms with E-state index in [9.17, 15) is 4.39 Å². The van der Waals surface area contributed by atoms with Gasteiger partial charge in [0.25, 0.3) is 0 Å². The van der Waals surface area contributed by atoms with Crippen molar-refractivity contribution in [3.05, 3.63) is 59.4 Å². The van der Waals surface area contributed by atoms with Crippen LogP contribution in [-0.2, 0) is 6.42 Å². The maximum atomic E-state index is 13.5. The molecule has 0 bridgehead atoms. The van der Waals surface area contributed by atoms with Crippen LogP contribution in [0.3, 0.4) is 0 Å². The molecular weight excluding hydrogens is 251 g/mol. The van der Waals surface area contributed by atoms with Crippen molar-refractivity contribution in [3.63, 3.8) is 0 Å². The topological polar surface area (TPSA) is 29.3 Å². The smallest absolute Gasteiger partial charge is 0.123 e. The molecule has 3 heteroatoms. The van der Waals surface area contributed by atoms with Gasteiger partial charge < -0.3 is 10.6 Å². The Kier molecular flexibility index (Phi) is 4.40. The van der Waals surface area contributed by atoms with Crippen molar-refractivity contribution in [2.45, 2.75) is 26.3 Å². The first-order chi connectivity index (χ1) is 9.47. The molecule has 106 valence electrons. The number of rotatable bonds is 4. The van der Waals surface area contributed by atoms with E-state index in [-0.39, 0.29) is 11.9 Å². The summed E-state index contributed by atoms with van der Waals surface area (Å²) in [5.41, 5.74) is 10.1. The lowest BCUT2D eigenvalue weighted by atomic mass is 10.0. The van der Waals surface area contributed by atoms with Crippen molar-refractivity contribution in [2.75, 3.05) is 11.9 Å². The van der Waals surface area contributed by atoms with Crippen molar-refractivity contribution in [1.29, 1.82) is 0 Å². The van der Waals surface area contributed by atoms with Gasteiger partial charge in [0.05, 0.1) is 0 Å². The average Bonchev–Trinajstić information content (AvgIpc) is 2.37. The molecule has 1 unspecified atom stereocenters.